The number of hydrogen-bond acceptors (Lipinski definition) is 5. The van der Waals surface area contributed by atoms with Gasteiger partial charge in [-0.3, -0.25) is 4.72 Å². The highest BCUT2D eigenvalue weighted by Crippen LogP contribution is 2.41. The number of nitrogens with zero attached hydrogens (tertiary/aromatic N) is 1. The van der Waals surface area contributed by atoms with Crippen LogP contribution in [-0.2, 0) is 16.2 Å². The third-order valence-corrected chi connectivity index (χ3v) is 8.97. The second-order valence-electron chi connectivity index (χ2n) is 7.86. The van der Waals surface area contributed by atoms with Gasteiger partial charge >= 0.3 is 6.18 Å². The number of rotatable bonds is 6. The molecule has 1 saturated heterocycles. The Morgan fingerprint density at radius 2 is 1.88 bits per heavy atom. The highest BCUT2D eigenvalue weighted by Gasteiger charge is 2.31. The molecule has 2 heterocycles. The number of halogens is 5. The highest BCUT2D eigenvalue weighted by molar-refractivity contribution is 7.94. The molecule has 1 N–H and O–H groups in total. The molecule has 0 saturated carbocycles. The molecular weight excluding hydrogens is 532 g/mol. The van der Waals surface area contributed by atoms with E-state index in [9.17, 15) is 21.6 Å². The van der Waals surface area contributed by atoms with Gasteiger partial charge in [0.1, 0.15) is 16.1 Å². The van der Waals surface area contributed by atoms with Crippen LogP contribution in [0, 0.1) is 0 Å². The van der Waals surface area contributed by atoms with Crippen LogP contribution in [-0.4, -0.2) is 39.6 Å². The summed E-state index contributed by atoms with van der Waals surface area (Å²) in [5.74, 6) is 0.357. The number of alkyl halides is 3. The zero-order chi connectivity index (χ0) is 24.7. The van der Waals surface area contributed by atoms with Gasteiger partial charge in [-0.2, -0.15) is 13.2 Å². The number of likely N-dealkylation sites (N-methyl/N-ethyl adjacent to an activating group) is 1. The van der Waals surface area contributed by atoms with Crippen molar-refractivity contribution in [3.05, 3.63) is 64.1 Å². The van der Waals surface area contributed by atoms with Gasteiger partial charge in [0, 0.05) is 19.2 Å². The number of thiophene rings is 1. The number of likely N-dealkylation sites (tertiary alicyclic amines) is 1. The van der Waals surface area contributed by atoms with Gasteiger partial charge in [-0.1, -0.05) is 35.3 Å². The van der Waals surface area contributed by atoms with Crippen LogP contribution >= 0.6 is 34.5 Å². The van der Waals surface area contributed by atoms with Crippen LogP contribution in [0.3, 0.4) is 0 Å². The van der Waals surface area contributed by atoms with Crippen LogP contribution in [0.5, 0.6) is 5.75 Å². The van der Waals surface area contributed by atoms with Crippen molar-refractivity contribution in [1.29, 1.82) is 0 Å². The van der Waals surface area contributed by atoms with E-state index in [0.29, 0.717) is 10.8 Å². The first-order valence-electron chi connectivity index (χ1n) is 10.1. The van der Waals surface area contributed by atoms with Gasteiger partial charge in [0.2, 0.25) is 0 Å². The fourth-order valence-electron chi connectivity index (χ4n) is 3.55. The Morgan fingerprint density at radius 3 is 2.56 bits per heavy atom. The van der Waals surface area contributed by atoms with Crippen molar-refractivity contribution in [2.45, 2.75) is 22.9 Å². The van der Waals surface area contributed by atoms with Crippen LogP contribution in [0.25, 0.3) is 10.4 Å². The van der Waals surface area contributed by atoms with E-state index >= 15 is 0 Å². The molecular formula is C22H19Cl2F3N2O3S2. The van der Waals surface area contributed by atoms with E-state index < -0.39 is 21.8 Å². The summed E-state index contributed by atoms with van der Waals surface area (Å²) in [4.78, 5) is 2.34. The summed E-state index contributed by atoms with van der Waals surface area (Å²) in [5, 5.41) is 0.388. The lowest BCUT2D eigenvalue weighted by Crippen LogP contribution is -2.21. The number of ether oxygens (including phenoxy) is 1. The predicted octanol–water partition coefficient (Wildman–Crippen LogP) is 6.62. The minimum absolute atomic E-state index is 0.0372. The number of anilines is 1. The minimum Gasteiger partial charge on any atom is -0.487 e. The lowest BCUT2D eigenvalue weighted by molar-refractivity contribution is -0.137. The Morgan fingerprint density at radius 1 is 1.12 bits per heavy atom. The summed E-state index contributed by atoms with van der Waals surface area (Å²) in [6.07, 6.45) is -3.76. The van der Waals surface area contributed by atoms with Crippen LogP contribution in [0.4, 0.5) is 18.9 Å². The van der Waals surface area contributed by atoms with Gasteiger partial charge in [-0.25, -0.2) is 8.42 Å². The highest BCUT2D eigenvalue weighted by atomic mass is 35.5. The van der Waals surface area contributed by atoms with E-state index in [1.165, 1.54) is 36.4 Å². The first kappa shape index (κ1) is 25.1. The Labute approximate surface area is 209 Å². The molecule has 0 radical (unpaired) electrons. The first-order chi connectivity index (χ1) is 15.9. The molecule has 34 heavy (non-hydrogen) atoms. The van der Waals surface area contributed by atoms with Gasteiger partial charge in [0.15, 0.2) is 0 Å². The molecule has 4 rings (SSSR count). The van der Waals surface area contributed by atoms with E-state index in [1.54, 1.807) is 0 Å². The van der Waals surface area contributed by atoms with Gasteiger partial charge in [-0.15, -0.1) is 11.3 Å². The number of nitrogens with one attached hydrogen (secondary N) is 1. The van der Waals surface area contributed by atoms with Crippen molar-refractivity contribution in [1.82, 2.24) is 4.90 Å². The molecule has 1 aromatic heterocycles. The Balaban J connectivity index is 1.57. The second kappa shape index (κ2) is 9.58. The molecule has 2 aromatic carbocycles. The number of benzene rings is 2. The summed E-state index contributed by atoms with van der Waals surface area (Å²) in [6.45, 7) is 1.63. The SMILES string of the molecule is CN1CC[C@@H](Oc2cc(NS(=O)(=O)c3cc(Cl)c(-c4cccc(C(F)(F)F)c4)s3)ccc2Cl)C1. The van der Waals surface area contributed by atoms with Crippen molar-refractivity contribution in [2.75, 3.05) is 24.9 Å². The summed E-state index contributed by atoms with van der Waals surface area (Å²) in [5.41, 5.74) is -0.440. The van der Waals surface area contributed by atoms with Gasteiger partial charge in [-0.05, 0) is 49.4 Å². The predicted molar refractivity (Wildman–Crippen MR) is 129 cm³/mol. The van der Waals surface area contributed by atoms with Crippen LogP contribution in [0.1, 0.15) is 12.0 Å². The summed E-state index contributed by atoms with van der Waals surface area (Å²) in [7, 11) is -2.09. The van der Waals surface area contributed by atoms with Crippen LogP contribution in [0.2, 0.25) is 10.0 Å². The maximum atomic E-state index is 13.1. The second-order valence-corrected chi connectivity index (χ2v) is 11.6. The molecule has 182 valence electrons. The summed E-state index contributed by atoms with van der Waals surface area (Å²) >= 11 is 13.2. The molecule has 3 aromatic rings. The molecule has 5 nitrogen and oxygen atoms in total. The average molecular weight is 551 g/mol. The monoisotopic (exact) mass is 550 g/mol. The third-order valence-electron chi connectivity index (χ3n) is 5.21. The quantitative estimate of drug-likeness (QED) is 0.374. The Bertz CT molecular complexity index is 1310. The van der Waals surface area contributed by atoms with Crippen LogP contribution in [0.15, 0.2) is 52.7 Å². The average Bonchev–Trinajstić information content (AvgIpc) is 3.35. The van der Waals surface area contributed by atoms with E-state index in [2.05, 4.69) is 9.62 Å². The Kier molecular flexibility index (Phi) is 7.08. The standard InChI is InChI=1S/C22H19Cl2F3N2O3S2/c1-29-8-7-16(12-29)32-19-10-15(5-6-17(19)23)28-34(30,31)20-11-18(24)21(33-20)13-3-2-4-14(9-13)22(25,26)27/h2-6,9-11,16,28H,7-8,12H2,1H3/t16-/m1/s1. The molecule has 0 amide bonds. The summed E-state index contributed by atoms with van der Waals surface area (Å²) < 4.78 is 73.4. The smallest absolute Gasteiger partial charge is 0.416 e. The van der Waals surface area contributed by atoms with Gasteiger partial charge in [0.05, 0.1) is 26.2 Å². The fourth-order valence-corrected chi connectivity index (χ4v) is 6.58. The van der Waals surface area contributed by atoms with Crippen molar-refractivity contribution in [3.8, 4) is 16.2 Å². The minimum atomic E-state index is -4.53. The molecule has 0 spiro atoms. The maximum Gasteiger partial charge on any atom is 0.416 e. The van der Waals surface area contributed by atoms with Crippen molar-refractivity contribution >= 4 is 50.2 Å². The topological polar surface area (TPSA) is 58.6 Å². The molecule has 0 bridgehead atoms. The fraction of sp³-hybridized carbons (Fsp3) is 0.273. The van der Waals surface area contributed by atoms with E-state index in [1.807, 2.05) is 7.05 Å². The van der Waals surface area contributed by atoms with E-state index in [-0.39, 0.29) is 31.5 Å². The first-order valence-corrected chi connectivity index (χ1v) is 13.1. The largest absolute Gasteiger partial charge is 0.487 e. The molecule has 1 atom stereocenters. The Hall–Kier alpha value is -1.98. The van der Waals surface area contributed by atoms with Gasteiger partial charge in [0.25, 0.3) is 10.0 Å². The zero-order valence-corrected chi connectivity index (χ0v) is 20.8. The van der Waals surface area contributed by atoms with Crippen molar-refractivity contribution < 1.29 is 26.3 Å². The molecule has 1 aliphatic heterocycles. The normalized spacial score (nSPS) is 17.2. The molecule has 12 heteroatoms. The molecule has 0 aliphatic carbocycles. The van der Waals surface area contributed by atoms with E-state index in [4.69, 9.17) is 27.9 Å². The zero-order valence-electron chi connectivity index (χ0n) is 17.7. The van der Waals surface area contributed by atoms with E-state index in [0.717, 1.165) is 43.0 Å². The molecule has 1 aliphatic rings. The molecule has 1 fully saturated rings. The lowest BCUT2D eigenvalue weighted by atomic mass is 10.1. The lowest BCUT2D eigenvalue weighted by Gasteiger charge is -2.16. The van der Waals surface area contributed by atoms with Crippen LogP contribution < -0.4 is 9.46 Å². The maximum absolute atomic E-state index is 13.1. The van der Waals surface area contributed by atoms with Gasteiger partial charge < -0.3 is 9.64 Å². The van der Waals surface area contributed by atoms with Crippen molar-refractivity contribution in [3.63, 3.8) is 0 Å². The number of sulfonamides is 1. The van der Waals surface area contributed by atoms with Crippen molar-refractivity contribution in [2.24, 2.45) is 0 Å². The summed E-state index contributed by atoms with van der Waals surface area (Å²) in [6, 6.07) is 10.3. The number of hydrogen-bond donors (Lipinski definition) is 1. The third kappa shape index (κ3) is 5.63. The molecule has 0 unspecified atom stereocenters.